The number of halogens is 7. The summed E-state index contributed by atoms with van der Waals surface area (Å²) in [6.07, 6.45) is -6.93. The number of rotatable bonds is 2. The fourth-order valence-electron chi connectivity index (χ4n) is 2.73. The lowest BCUT2D eigenvalue weighted by molar-refractivity contribution is -0.138. The molecule has 148 valence electrons. The third-order valence-electron chi connectivity index (χ3n) is 3.95. The lowest BCUT2D eigenvalue weighted by Gasteiger charge is -2.13. The maximum atomic E-state index is 13.2. The first-order valence-corrected chi connectivity index (χ1v) is 8.88. The summed E-state index contributed by atoms with van der Waals surface area (Å²) in [5.41, 5.74) is -3.41. The Labute approximate surface area is 163 Å². The van der Waals surface area contributed by atoms with Crippen molar-refractivity contribution in [3.8, 4) is 21.6 Å². The van der Waals surface area contributed by atoms with Gasteiger partial charge in [0.1, 0.15) is 0 Å². The summed E-state index contributed by atoms with van der Waals surface area (Å²) in [5, 5.41) is 0.663. The van der Waals surface area contributed by atoms with Crippen molar-refractivity contribution in [3.05, 3.63) is 68.4 Å². The number of aryl methyl sites for hydroxylation is 1. The van der Waals surface area contributed by atoms with E-state index < -0.39 is 33.9 Å². The minimum Gasteiger partial charge on any atom is -0.356 e. The van der Waals surface area contributed by atoms with Crippen molar-refractivity contribution in [2.45, 2.75) is 12.4 Å². The molecule has 0 N–H and O–H groups in total. The highest BCUT2D eigenvalue weighted by Crippen LogP contribution is 2.40. The van der Waals surface area contributed by atoms with Crippen LogP contribution in [0.4, 0.5) is 26.3 Å². The van der Waals surface area contributed by atoms with Crippen LogP contribution in [0, 0.1) is 0 Å². The van der Waals surface area contributed by atoms with Gasteiger partial charge in [-0.3, -0.25) is 4.79 Å². The van der Waals surface area contributed by atoms with Crippen LogP contribution in [0.2, 0.25) is 5.02 Å². The predicted molar refractivity (Wildman–Crippen MR) is 95.4 cm³/mol. The lowest BCUT2D eigenvalue weighted by Crippen LogP contribution is -2.14. The van der Waals surface area contributed by atoms with Gasteiger partial charge < -0.3 is 4.57 Å². The minimum atomic E-state index is -4.74. The van der Waals surface area contributed by atoms with Crippen LogP contribution in [0.5, 0.6) is 0 Å². The van der Waals surface area contributed by atoms with Crippen molar-refractivity contribution < 1.29 is 26.3 Å². The Kier molecular flexibility index (Phi) is 5.09. The van der Waals surface area contributed by atoms with E-state index in [2.05, 4.69) is 0 Å². The minimum absolute atomic E-state index is 0.0933. The molecular formula is C18H10ClF6NOS. The average molecular weight is 438 g/mol. The summed E-state index contributed by atoms with van der Waals surface area (Å²) in [7, 11) is 1.47. The average Bonchev–Trinajstić information content (AvgIpc) is 3.06. The van der Waals surface area contributed by atoms with E-state index in [0.29, 0.717) is 6.07 Å². The molecular weight excluding hydrogens is 428 g/mol. The molecule has 0 aliphatic rings. The first-order valence-electron chi connectivity index (χ1n) is 7.62. The number of pyridine rings is 1. The SMILES string of the molecule is Cn1cc(-c2ccc(Cl)c(C(F)(F)F)c2)c(=O)c(-c2sccc2C(F)(F)F)c1. The van der Waals surface area contributed by atoms with Crippen molar-refractivity contribution in [3.63, 3.8) is 0 Å². The molecule has 0 aliphatic carbocycles. The number of hydrogen-bond acceptors (Lipinski definition) is 2. The van der Waals surface area contributed by atoms with Crippen LogP contribution in [0.3, 0.4) is 0 Å². The van der Waals surface area contributed by atoms with Crippen LogP contribution in [-0.2, 0) is 19.4 Å². The molecule has 1 aromatic carbocycles. The largest absolute Gasteiger partial charge is 0.417 e. The third-order valence-corrected chi connectivity index (χ3v) is 5.23. The highest BCUT2D eigenvalue weighted by Gasteiger charge is 2.36. The van der Waals surface area contributed by atoms with Gasteiger partial charge in [-0.15, -0.1) is 11.3 Å². The molecule has 0 aliphatic heterocycles. The van der Waals surface area contributed by atoms with Crippen molar-refractivity contribution in [2.75, 3.05) is 0 Å². The molecule has 10 heteroatoms. The molecule has 3 rings (SSSR count). The summed E-state index contributed by atoms with van der Waals surface area (Å²) in [6, 6.07) is 3.79. The van der Waals surface area contributed by atoms with Gasteiger partial charge in [0.15, 0.2) is 5.43 Å². The van der Waals surface area contributed by atoms with Gasteiger partial charge in [0.25, 0.3) is 0 Å². The zero-order valence-electron chi connectivity index (χ0n) is 14.0. The van der Waals surface area contributed by atoms with E-state index in [9.17, 15) is 31.1 Å². The highest BCUT2D eigenvalue weighted by molar-refractivity contribution is 7.13. The number of nitrogens with zero attached hydrogens (tertiary/aromatic N) is 1. The Morgan fingerprint density at radius 3 is 2.14 bits per heavy atom. The summed E-state index contributed by atoms with van der Waals surface area (Å²) in [6.45, 7) is 0. The normalized spacial score (nSPS) is 12.4. The van der Waals surface area contributed by atoms with Gasteiger partial charge >= 0.3 is 12.4 Å². The van der Waals surface area contributed by atoms with Crippen LogP contribution in [0.15, 0.2) is 46.8 Å². The summed E-state index contributed by atoms with van der Waals surface area (Å²) < 4.78 is 80.3. The van der Waals surface area contributed by atoms with Crippen LogP contribution in [-0.4, -0.2) is 4.57 Å². The molecule has 0 bridgehead atoms. The molecule has 0 unspecified atom stereocenters. The predicted octanol–water partition coefficient (Wildman–Crippen LogP) is 6.47. The van der Waals surface area contributed by atoms with Crippen molar-refractivity contribution >= 4 is 22.9 Å². The van der Waals surface area contributed by atoms with Gasteiger partial charge in [-0.1, -0.05) is 17.7 Å². The molecule has 0 radical (unpaired) electrons. The number of aromatic nitrogens is 1. The van der Waals surface area contributed by atoms with E-state index in [0.717, 1.165) is 23.5 Å². The van der Waals surface area contributed by atoms with Gasteiger partial charge in [0.2, 0.25) is 0 Å². The number of benzene rings is 1. The highest BCUT2D eigenvalue weighted by atomic mass is 35.5. The molecule has 0 saturated heterocycles. The first kappa shape index (κ1) is 20.5. The van der Waals surface area contributed by atoms with Crippen molar-refractivity contribution in [2.24, 2.45) is 7.05 Å². The maximum absolute atomic E-state index is 13.2. The van der Waals surface area contributed by atoms with E-state index in [4.69, 9.17) is 11.6 Å². The summed E-state index contributed by atoms with van der Waals surface area (Å²) in [4.78, 5) is 12.6. The topological polar surface area (TPSA) is 22.0 Å². The monoisotopic (exact) mass is 437 g/mol. The van der Waals surface area contributed by atoms with E-state index in [1.54, 1.807) is 0 Å². The quantitative estimate of drug-likeness (QED) is 0.421. The Balaban J connectivity index is 2.25. The van der Waals surface area contributed by atoms with E-state index in [1.165, 1.54) is 35.5 Å². The van der Waals surface area contributed by atoms with Crippen LogP contribution in [0.1, 0.15) is 11.1 Å². The van der Waals surface area contributed by atoms with Crippen LogP contribution in [0.25, 0.3) is 21.6 Å². The zero-order chi connectivity index (χ0) is 20.9. The maximum Gasteiger partial charge on any atom is 0.417 e. The zero-order valence-corrected chi connectivity index (χ0v) is 15.5. The first-order chi connectivity index (χ1) is 12.9. The fourth-order valence-corrected chi connectivity index (χ4v) is 3.87. The molecule has 0 saturated carbocycles. The Hall–Kier alpha value is -2.26. The molecule has 2 nitrogen and oxygen atoms in total. The second-order valence-corrected chi connectivity index (χ2v) is 7.26. The van der Waals surface area contributed by atoms with Gasteiger partial charge in [0, 0.05) is 25.0 Å². The molecule has 0 atom stereocenters. The van der Waals surface area contributed by atoms with Gasteiger partial charge in [-0.05, 0) is 29.1 Å². The molecule has 0 amide bonds. The number of alkyl halides is 6. The third kappa shape index (κ3) is 3.81. The van der Waals surface area contributed by atoms with Crippen LogP contribution >= 0.6 is 22.9 Å². The molecule has 0 spiro atoms. The number of thiophene rings is 1. The fraction of sp³-hybridized carbons (Fsp3) is 0.167. The van der Waals surface area contributed by atoms with E-state index >= 15 is 0 Å². The van der Waals surface area contributed by atoms with Gasteiger partial charge in [0.05, 0.1) is 26.6 Å². The smallest absolute Gasteiger partial charge is 0.356 e. The number of hydrogen-bond donors (Lipinski definition) is 0. The molecule has 3 aromatic rings. The standard InChI is InChI=1S/C18H10ClF6NOS/c1-26-7-10(9-2-3-14(19)13(6-9)18(23,24)25)15(27)11(8-26)16-12(4-5-28-16)17(20,21)22/h2-8H,1H3. The Bertz CT molecular complexity index is 1100. The molecule has 28 heavy (non-hydrogen) atoms. The molecule has 2 heterocycles. The lowest BCUT2D eigenvalue weighted by atomic mass is 10.0. The Morgan fingerprint density at radius 1 is 0.929 bits per heavy atom. The molecule has 2 aromatic heterocycles. The van der Waals surface area contributed by atoms with Crippen molar-refractivity contribution in [1.29, 1.82) is 0 Å². The Morgan fingerprint density at radius 2 is 1.54 bits per heavy atom. The van der Waals surface area contributed by atoms with E-state index in [1.807, 2.05) is 0 Å². The van der Waals surface area contributed by atoms with Gasteiger partial charge in [-0.2, -0.15) is 26.3 Å². The second-order valence-electron chi connectivity index (χ2n) is 5.93. The summed E-state index contributed by atoms with van der Waals surface area (Å²) in [5.74, 6) is 0. The molecule has 0 fully saturated rings. The van der Waals surface area contributed by atoms with E-state index in [-0.39, 0.29) is 21.6 Å². The van der Waals surface area contributed by atoms with Gasteiger partial charge in [-0.25, -0.2) is 0 Å². The second kappa shape index (κ2) is 6.97. The van der Waals surface area contributed by atoms with Crippen molar-refractivity contribution in [1.82, 2.24) is 4.57 Å². The van der Waals surface area contributed by atoms with Crippen LogP contribution < -0.4 is 5.43 Å². The summed E-state index contributed by atoms with van der Waals surface area (Å²) >= 11 is 6.33.